The zero-order valence-electron chi connectivity index (χ0n) is 8.15. The predicted octanol–water partition coefficient (Wildman–Crippen LogP) is 2.22. The van der Waals surface area contributed by atoms with Crippen LogP contribution in [0.1, 0.15) is 24.4 Å². The van der Waals surface area contributed by atoms with Crippen LogP contribution in [0.2, 0.25) is 0 Å². The summed E-state index contributed by atoms with van der Waals surface area (Å²) in [6, 6.07) is 9.74. The standard InChI is InChI=1S/C12H15NO/c1-2-11(14)8-9-12(13)10-6-4-3-5-7-10/h2-7,12H,1,8-9,13H2. The second-order valence-electron chi connectivity index (χ2n) is 3.23. The summed E-state index contributed by atoms with van der Waals surface area (Å²) in [5.74, 6) is 0.0522. The average Bonchev–Trinajstić information content (AvgIpc) is 2.26. The Labute approximate surface area is 84.4 Å². The predicted molar refractivity (Wildman–Crippen MR) is 57.8 cm³/mol. The van der Waals surface area contributed by atoms with E-state index in [0.717, 1.165) is 5.56 Å². The molecule has 0 aliphatic carbocycles. The van der Waals surface area contributed by atoms with Gasteiger partial charge in [0.05, 0.1) is 0 Å². The van der Waals surface area contributed by atoms with Crippen LogP contribution in [0.15, 0.2) is 43.0 Å². The third kappa shape index (κ3) is 3.15. The second kappa shape index (κ2) is 5.35. The molecule has 2 nitrogen and oxygen atoms in total. The quantitative estimate of drug-likeness (QED) is 0.722. The van der Waals surface area contributed by atoms with E-state index in [9.17, 15) is 4.79 Å². The molecular formula is C12H15NO. The molecule has 0 bridgehead atoms. The van der Waals surface area contributed by atoms with E-state index in [2.05, 4.69) is 6.58 Å². The van der Waals surface area contributed by atoms with E-state index >= 15 is 0 Å². The first-order chi connectivity index (χ1) is 6.74. The Hall–Kier alpha value is -1.41. The fraction of sp³-hybridized carbons (Fsp3) is 0.250. The monoisotopic (exact) mass is 189 g/mol. The van der Waals surface area contributed by atoms with Gasteiger partial charge in [-0.1, -0.05) is 36.9 Å². The molecule has 2 heteroatoms. The third-order valence-corrected chi connectivity index (χ3v) is 2.16. The molecule has 1 atom stereocenters. The Kier molecular flexibility index (Phi) is 4.08. The minimum Gasteiger partial charge on any atom is -0.324 e. The number of benzene rings is 1. The van der Waals surface area contributed by atoms with Gasteiger partial charge in [0, 0.05) is 12.5 Å². The van der Waals surface area contributed by atoms with Crippen molar-refractivity contribution in [3.8, 4) is 0 Å². The van der Waals surface area contributed by atoms with Crippen molar-refractivity contribution >= 4 is 5.78 Å². The molecule has 0 radical (unpaired) electrons. The molecule has 1 aromatic rings. The molecular weight excluding hydrogens is 174 g/mol. The van der Waals surface area contributed by atoms with Gasteiger partial charge in [-0.15, -0.1) is 0 Å². The summed E-state index contributed by atoms with van der Waals surface area (Å²) in [6.45, 7) is 3.42. The van der Waals surface area contributed by atoms with Crippen LogP contribution in [0.4, 0.5) is 0 Å². The van der Waals surface area contributed by atoms with Gasteiger partial charge in [-0.3, -0.25) is 4.79 Å². The molecule has 2 N–H and O–H groups in total. The van der Waals surface area contributed by atoms with Crippen LogP contribution in [0.3, 0.4) is 0 Å². The summed E-state index contributed by atoms with van der Waals surface area (Å²) in [5.41, 5.74) is 6.98. The first kappa shape index (κ1) is 10.7. The van der Waals surface area contributed by atoms with Crippen LogP contribution >= 0.6 is 0 Å². The number of allylic oxidation sites excluding steroid dienone is 1. The fourth-order valence-corrected chi connectivity index (χ4v) is 1.27. The van der Waals surface area contributed by atoms with Crippen LogP contribution in [0.5, 0.6) is 0 Å². The largest absolute Gasteiger partial charge is 0.324 e. The van der Waals surface area contributed by atoms with Crippen molar-refractivity contribution < 1.29 is 4.79 Å². The average molecular weight is 189 g/mol. The lowest BCUT2D eigenvalue weighted by Crippen LogP contribution is -2.11. The van der Waals surface area contributed by atoms with Gasteiger partial charge in [0.25, 0.3) is 0 Å². The van der Waals surface area contributed by atoms with E-state index in [1.54, 1.807) is 0 Å². The summed E-state index contributed by atoms with van der Waals surface area (Å²) in [7, 11) is 0. The van der Waals surface area contributed by atoms with Crippen molar-refractivity contribution in [1.82, 2.24) is 0 Å². The van der Waals surface area contributed by atoms with E-state index in [1.807, 2.05) is 30.3 Å². The first-order valence-electron chi connectivity index (χ1n) is 4.70. The van der Waals surface area contributed by atoms with E-state index in [0.29, 0.717) is 12.8 Å². The van der Waals surface area contributed by atoms with Crippen molar-refractivity contribution in [2.24, 2.45) is 5.73 Å². The summed E-state index contributed by atoms with van der Waals surface area (Å²) in [5, 5.41) is 0. The lowest BCUT2D eigenvalue weighted by atomic mass is 10.0. The Morgan fingerprint density at radius 2 is 2.07 bits per heavy atom. The lowest BCUT2D eigenvalue weighted by Gasteiger charge is -2.10. The molecule has 0 spiro atoms. The van der Waals surface area contributed by atoms with Crippen LogP contribution in [-0.2, 0) is 4.79 Å². The number of carbonyl (C=O) groups is 1. The van der Waals surface area contributed by atoms with Crippen LogP contribution < -0.4 is 5.73 Å². The van der Waals surface area contributed by atoms with Crippen molar-refractivity contribution in [2.45, 2.75) is 18.9 Å². The number of hydrogen-bond acceptors (Lipinski definition) is 2. The maximum atomic E-state index is 11.0. The first-order valence-corrected chi connectivity index (χ1v) is 4.70. The Morgan fingerprint density at radius 3 is 2.64 bits per heavy atom. The van der Waals surface area contributed by atoms with Gasteiger partial charge in [0.2, 0.25) is 0 Å². The zero-order chi connectivity index (χ0) is 10.4. The number of rotatable bonds is 5. The number of nitrogens with two attached hydrogens (primary N) is 1. The molecule has 0 aliphatic heterocycles. The lowest BCUT2D eigenvalue weighted by molar-refractivity contribution is -0.114. The molecule has 0 saturated heterocycles. The molecule has 1 unspecified atom stereocenters. The van der Waals surface area contributed by atoms with Crippen molar-refractivity contribution in [3.63, 3.8) is 0 Å². The molecule has 1 aromatic carbocycles. The summed E-state index contributed by atoms with van der Waals surface area (Å²) in [6.07, 6.45) is 2.49. The highest BCUT2D eigenvalue weighted by Gasteiger charge is 2.06. The molecule has 74 valence electrons. The van der Waals surface area contributed by atoms with Crippen molar-refractivity contribution in [1.29, 1.82) is 0 Å². The molecule has 0 amide bonds. The normalized spacial score (nSPS) is 12.1. The number of ketones is 1. The van der Waals surface area contributed by atoms with Gasteiger partial charge in [-0.2, -0.15) is 0 Å². The minimum atomic E-state index is -0.0555. The van der Waals surface area contributed by atoms with E-state index < -0.39 is 0 Å². The Bertz CT molecular complexity index is 305. The second-order valence-corrected chi connectivity index (χ2v) is 3.23. The molecule has 0 heterocycles. The molecule has 0 aromatic heterocycles. The highest BCUT2D eigenvalue weighted by Crippen LogP contribution is 2.15. The van der Waals surface area contributed by atoms with E-state index in [-0.39, 0.29) is 11.8 Å². The smallest absolute Gasteiger partial charge is 0.155 e. The van der Waals surface area contributed by atoms with Gasteiger partial charge in [0.15, 0.2) is 5.78 Å². The van der Waals surface area contributed by atoms with Gasteiger partial charge >= 0.3 is 0 Å². The third-order valence-electron chi connectivity index (χ3n) is 2.16. The maximum Gasteiger partial charge on any atom is 0.155 e. The Morgan fingerprint density at radius 1 is 1.43 bits per heavy atom. The molecule has 14 heavy (non-hydrogen) atoms. The summed E-state index contributed by atoms with van der Waals surface area (Å²) in [4.78, 5) is 11.0. The highest BCUT2D eigenvalue weighted by atomic mass is 16.1. The van der Waals surface area contributed by atoms with Crippen LogP contribution in [0, 0.1) is 0 Å². The molecule has 0 fully saturated rings. The van der Waals surface area contributed by atoms with Gasteiger partial charge in [-0.25, -0.2) is 0 Å². The maximum absolute atomic E-state index is 11.0. The molecule has 1 rings (SSSR count). The van der Waals surface area contributed by atoms with Gasteiger partial charge in [-0.05, 0) is 18.1 Å². The number of hydrogen-bond donors (Lipinski definition) is 1. The minimum absolute atomic E-state index is 0.0522. The fourth-order valence-electron chi connectivity index (χ4n) is 1.27. The Balaban J connectivity index is 2.47. The van der Waals surface area contributed by atoms with E-state index in [4.69, 9.17) is 5.73 Å². The zero-order valence-corrected chi connectivity index (χ0v) is 8.15. The summed E-state index contributed by atoms with van der Waals surface area (Å²) < 4.78 is 0. The summed E-state index contributed by atoms with van der Waals surface area (Å²) >= 11 is 0. The number of carbonyl (C=O) groups excluding carboxylic acids is 1. The van der Waals surface area contributed by atoms with Crippen LogP contribution in [-0.4, -0.2) is 5.78 Å². The SMILES string of the molecule is C=CC(=O)CCC(N)c1ccccc1. The topological polar surface area (TPSA) is 43.1 Å². The van der Waals surface area contributed by atoms with E-state index in [1.165, 1.54) is 6.08 Å². The highest BCUT2D eigenvalue weighted by molar-refractivity contribution is 5.88. The van der Waals surface area contributed by atoms with Crippen molar-refractivity contribution in [3.05, 3.63) is 48.6 Å². The van der Waals surface area contributed by atoms with Gasteiger partial charge < -0.3 is 5.73 Å². The van der Waals surface area contributed by atoms with Crippen molar-refractivity contribution in [2.75, 3.05) is 0 Å². The molecule has 0 saturated carbocycles. The molecule has 0 aliphatic rings. The van der Waals surface area contributed by atoms with Gasteiger partial charge in [0.1, 0.15) is 0 Å². The van der Waals surface area contributed by atoms with Crippen LogP contribution in [0.25, 0.3) is 0 Å².